The summed E-state index contributed by atoms with van der Waals surface area (Å²) in [6.07, 6.45) is 1.72. The van der Waals surface area contributed by atoms with E-state index >= 15 is 0 Å². The van der Waals surface area contributed by atoms with Crippen molar-refractivity contribution in [2.75, 3.05) is 12.3 Å². The molecule has 4 N–H and O–H groups in total. The van der Waals surface area contributed by atoms with Gasteiger partial charge in [-0.15, -0.1) is 0 Å². The third-order valence-corrected chi connectivity index (χ3v) is 3.59. The maximum absolute atomic E-state index is 10.1. The zero-order chi connectivity index (χ0) is 15.0. The maximum atomic E-state index is 10.1. The molecule has 0 aliphatic carbocycles. The molecule has 0 bridgehead atoms. The molecule has 3 rings (SSSR count). The second-order valence-electron chi connectivity index (χ2n) is 4.72. The summed E-state index contributed by atoms with van der Waals surface area (Å²) in [6.45, 7) is -0.144. The Morgan fingerprint density at radius 3 is 3.00 bits per heavy atom. The van der Waals surface area contributed by atoms with Gasteiger partial charge in [-0.2, -0.15) is 0 Å². The van der Waals surface area contributed by atoms with Gasteiger partial charge in [-0.3, -0.25) is 4.57 Å². The van der Waals surface area contributed by atoms with Gasteiger partial charge >= 0.3 is 0 Å². The quantitative estimate of drug-likeness (QED) is 0.729. The molecular formula is C12H14BrN5O3. The third-order valence-electron chi connectivity index (χ3n) is 3.32. The van der Waals surface area contributed by atoms with Crippen LogP contribution in [0.25, 0.3) is 17.2 Å². The van der Waals surface area contributed by atoms with Gasteiger partial charge in [0, 0.05) is 6.42 Å². The van der Waals surface area contributed by atoms with Crippen molar-refractivity contribution in [1.82, 2.24) is 19.5 Å². The van der Waals surface area contributed by atoms with Crippen LogP contribution in [0.3, 0.4) is 0 Å². The Kier molecular flexibility index (Phi) is 3.89. The van der Waals surface area contributed by atoms with E-state index in [4.69, 9.17) is 15.6 Å². The lowest BCUT2D eigenvalue weighted by atomic mass is 10.2. The molecule has 0 amide bonds. The first-order valence-electron chi connectivity index (χ1n) is 6.35. The lowest BCUT2D eigenvalue weighted by molar-refractivity contribution is -0.0486. The number of hydrogen-bond acceptors (Lipinski definition) is 7. The van der Waals surface area contributed by atoms with Crippen molar-refractivity contribution < 1.29 is 14.9 Å². The smallest absolute Gasteiger partial charge is 0.168 e. The van der Waals surface area contributed by atoms with Crippen molar-refractivity contribution in [3.63, 3.8) is 0 Å². The number of nitrogens with zero attached hydrogens (tertiary/aromatic N) is 4. The third kappa shape index (κ3) is 2.53. The van der Waals surface area contributed by atoms with E-state index in [0.29, 0.717) is 23.4 Å². The van der Waals surface area contributed by atoms with E-state index in [1.165, 1.54) is 6.33 Å². The highest BCUT2D eigenvalue weighted by Crippen LogP contribution is 2.31. The first-order chi connectivity index (χ1) is 10.1. The predicted octanol–water partition coefficient (Wildman–Crippen LogP) is 0.415. The number of anilines is 1. The number of imidazole rings is 1. The summed E-state index contributed by atoms with van der Waals surface area (Å²) >= 11 is 3.16. The average molecular weight is 356 g/mol. The Morgan fingerprint density at radius 1 is 1.52 bits per heavy atom. The Labute approximate surface area is 128 Å². The van der Waals surface area contributed by atoms with Crippen molar-refractivity contribution in [3.05, 3.63) is 17.1 Å². The van der Waals surface area contributed by atoms with Gasteiger partial charge in [0.25, 0.3) is 0 Å². The van der Waals surface area contributed by atoms with Crippen molar-refractivity contribution in [1.29, 1.82) is 0 Å². The first kappa shape index (κ1) is 14.4. The highest BCUT2D eigenvalue weighted by atomic mass is 79.9. The molecule has 8 nitrogen and oxygen atoms in total. The molecule has 1 aliphatic heterocycles. The molecular weight excluding hydrogens is 342 g/mol. The van der Waals surface area contributed by atoms with E-state index < -0.39 is 18.4 Å². The van der Waals surface area contributed by atoms with E-state index in [2.05, 4.69) is 30.9 Å². The number of nitrogen functional groups attached to an aromatic ring is 1. The minimum absolute atomic E-state index is 0.144. The van der Waals surface area contributed by atoms with Gasteiger partial charge in [-0.1, -0.05) is 15.9 Å². The van der Waals surface area contributed by atoms with Crippen LogP contribution in [-0.4, -0.2) is 48.5 Å². The van der Waals surface area contributed by atoms with Crippen LogP contribution < -0.4 is 5.73 Å². The average Bonchev–Trinajstić information content (AvgIpc) is 3.02. The minimum atomic E-state index is -0.745. The van der Waals surface area contributed by atoms with Crippen LogP contribution in [0.15, 0.2) is 11.3 Å². The fraction of sp³-hybridized carbons (Fsp3) is 0.417. The zero-order valence-electron chi connectivity index (χ0n) is 10.9. The highest BCUT2D eigenvalue weighted by Gasteiger charge is 2.36. The Hall–Kier alpha value is -1.55. The van der Waals surface area contributed by atoms with E-state index in [1.807, 2.05) is 0 Å². The van der Waals surface area contributed by atoms with Crippen LogP contribution in [-0.2, 0) is 4.74 Å². The van der Waals surface area contributed by atoms with Gasteiger partial charge in [0.15, 0.2) is 23.5 Å². The number of nitrogens with two attached hydrogens (primary N) is 1. The second kappa shape index (κ2) is 5.68. The van der Waals surface area contributed by atoms with Crippen molar-refractivity contribution >= 4 is 39.0 Å². The van der Waals surface area contributed by atoms with Crippen molar-refractivity contribution in [2.24, 2.45) is 0 Å². The van der Waals surface area contributed by atoms with Gasteiger partial charge in [0.2, 0.25) is 0 Å². The number of ether oxygens (including phenoxy) is 1. The largest absolute Gasteiger partial charge is 0.394 e. The maximum Gasteiger partial charge on any atom is 0.168 e. The molecule has 0 aromatic carbocycles. The zero-order valence-corrected chi connectivity index (χ0v) is 12.5. The first-order valence-corrected chi connectivity index (χ1v) is 7.26. The van der Waals surface area contributed by atoms with E-state index in [9.17, 15) is 5.11 Å². The summed E-state index contributed by atoms with van der Waals surface area (Å²) in [4.78, 5) is 14.3. The number of aromatic nitrogens is 4. The standard InChI is InChI=1S/C12H14BrN5O3/c13-2-1-8-16-10(14)9-11(17-8)18(5-15-9)12-7(20)3-6(4-19)21-12/h1-2,5-7,12,19-20H,3-4H2,(H2,14,16,17)/b2-1+/t6-,7?,12+/m0/s1. The monoisotopic (exact) mass is 355 g/mol. The fourth-order valence-electron chi connectivity index (χ4n) is 2.37. The molecule has 3 atom stereocenters. The Bertz CT molecular complexity index is 689. The topological polar surface area (TPSA) is 119 Å². The molecule has 1 saturated heterocycles. The van der Waals surface area contributed by atoms with E-state index in [0.717, 1.165) is 0 Å². The minimum Gasteiger partial charge on any atom is -0.394 e. The number of halogens is 1. The van der Waals surface area contributed by atoms with Crippen LogP contribution in [0.5, 0.6) is 0 Å². The van der Waals surface area contributed by atoms with Gasteiger partial charge in [0.1, 0.15) is 11.6 Å². The molecule has 9 heteroatoms. The number of hydrogen-bond donors (Lipinski definition) is 3. The number of fused-ring (bicyclic) bond motifs is 1. The molecule has 2 aromatic rings. The number of aliphatic hydroxyl groups excluding tert-OH is 2. The van der Waals surface area contributed by atoms with Crippen molar-refractivity contribution in [3.8, 4) is 0 Å². The number of rotatable bonds is 3. The predicted molar refractivity (Wildman–Crippen MR) is 79.3 cm³/mol. The van der Waals surface area contributed by atoms with Crippen LogP contribution in [0.4, 0.5) is 5.82 Å². The lowest BCUT2D eigenvalue weighted by Gasteiger charge is -2.16. The molecule has 2 aromatic heterocycles. The molecule has 0 spiro atoms. The normalized spacial score (nSPS) is 26.1. The van der Waals surface area contributed by atoms with Gasteiger partial charge in [-0.05, 0) is 11.1 Å². The summed E-state index contributed by atoms with van der Waals surface area (Å²) in [6, 6.07) is 0. The molecule has 21 heavy (non-hydrogen) atoms. The highest BCUT2D eigenvalue weighted by molar-refractivity contribution is 9.11. The van der Waals surface area contributed by atoms with Gasteiger partial charge in [-0.25, -0.2) is 15.0 Å². The molecule has 0 saturated carbocycles. The molecule has 1 aliphatic rings. The lowest BCUT2D eigenvalue weighted by Crippen LogP contribution is -2.19. The molecule has 0 radical (unpaired) electrons. The summed E-state index contributed by atoms with van der Waals surface area (Å²) < 4.78 is 7.22. The molecule has 1 unspecified atom stereocenters. The van der Waals surface area contributed by atoms with Gasteiger partial charge < -0.3 is 20.7 Å². The SMILES string of the molecule is Nc1nc(/C=C/Br)nc2c1ncn2[C@@H]1O[C@H](CO)CC1O. The van der Waals surface area contributed by atoms with E-state index in [1.54, 1.807) is 15.6 Å². The molecule has 112 valence electrons. The number of aliphatic hydroxyl groups is 2. The Balaban J connectivity index is 2.07. The van der Waals surface area contributed by atoms with E-state index in [-0.39, 0.29) is 12.4 Å². The summed E-state index contributed by atoms with van der Waals surface area (Å²) in [7, 11) is 0. The molecule has 1 fully saturated rings. The molecule has 3 heterocycles. The Morgan fingerprint density at radius 2 is 2.33 bits per heavy atom. The summed E-state index contributed by atoms with van der Waals surface area (Å²) in [5.74, 6) is 0.676. The summed E-state index contributed by atoms with van der Waals surface area (Å²) in [5, 5.41) is 19.2. The van der Waals surface area contributed by atoms with Crippen molar-refractivity contribution in [2.45, 2.75) is 24.9 Å². The van der Waals surface area contributed by atoms with Crippen LogP contribution in [0.1, 0.15) is 18.5 Å². The van der Waals surface area contributed by atoms with Crippen LogP contribution in [0, 0.1) is 0 Å². The van der Waals surface area contributed by atoms with Crippen LogP contribution >= 0.6 is 15.9 Å². The van der Waals surface area contributed by atoms with Crippen LogP contribution in [0.2, 0.25) is 0 Å². The van der Waals surface area contributed by atoms with Gasteiger partial charge in [0.05, 0.1) is 19.0 Å². The second-order valence-corrected chi connectivity index (χ2v) is 5.25. The summed E-state index contributed by atoms with van der Waals surface area (Å²) in [5.41, 5.74) is 6.79. The fourth-order valence-corrected chi connectivity index (χ4v) is 2.61.